The van der Waals surface area contributed by atoms with E-state index < -0.39 is 11.6 Å². The molecule has 1 aromatic rings. The molecule has 1 aromatic carbocycles. The second-order valence-corrected chi connectivity index (χ2v) is 8.91. The minimum Gasteiger partial charge on any atom is -0.349 e. The molecule has 6 nitrogen and oxygen atoms in total. The molecule has 1 heterocycles. The van der Waals surface area contributed by atoms with Crippen molar-refractivity contribution in [2.75, 3.05) is 0 Å². The number of amides is 4. The third-order valence-corrected chi connectivity index (χ3v) is 6.90. The lowest BCUT2D eigenvalue weighted by Gasteiger charge is -2.37. The van der Waals surface area contributed by atoms with Gasteiger partial charge in [0.05, 0.1) is 6.04 Å². The number of hydrogen-bond donors (Lipinski definition) is 3. The van der Waals surface area contributed by atoms with Gasteiger partial charge in [0.25, 0.3) is 5.91 Å². The number of halogens is 1. The summed E-state index contributed by atoms with van der Waals surface area (Å²) in [6, 6.07) is 7.79. The molecular weight excluding hydrogens is 410 g/mol. The van der Waals surface area contributed by atoms with Crippen molar-refractivity contribution in [2.45, 2.75) is 56.5 Å². The number of carbonyl (C=O) groups excluding carboxylic acids is 3. The van der Waals surface area contributed by atoms with Gasteiger partial charge in [-0.1, -0.05) is 34.5 Å². The van der Waals surface area contributed by atoms with Crippen LogP contribution in [-0.4, -0.2) is 23.4 Å². The maximum atomic E-state index is 12.9. The molecule has 3 N–H and O–H groups in total. The number of carbonyl (C=O) groups is 3. The Labute approximate surface area is 167 Å². The number of nitrogens with one attached hydrogen (secondary N) is 3. The van der Waals surface area contributed by atoms with Crippen LogP contribution in [0.4, 0.5) is 4.79 Å². The molecule has 4 rings (SSSR count). The Hall–Kier alpha value is -1.89. The van der Waals surface area contributed by atoms with E-state index in [4.69, 9.17) is 0 Å². The van der Waals surface area contributed by atoms with Gasteiger partial charge < -0.3 is 10.6 Å². The average Bonchev–Trinajstić information content (AvgIpc) is 2.87. The maximum absolute atomic E-state index is 12.9. The van der Waals surface area contributed by atoms with Crippen LogP contribution < -0.4 is 16.0 Å². The quantitative estimate of drug-likeness (QED) is 0.637. The van der Waals surface area contributed by atoms with Crippen LogP contribution in [0.5, 0.6) is 0 Å². The van der Waals surface area contributed by atoms with E-state index in [0.29, 0.717) is 31.6 Å². The average molecular weight is 434 g/mol. The van der Waals surface area contributed by atoms with Crippen LogP contribution in [0.3, 0.4) is 0 Å². The van der Waals surface area contributed by atoms with Crippen LogP contribution in [0.2, 0.25) is 0 Å². The number of benzene rings is 1. The number of hydrogen-bond acceptors (Lipinski definition) is 3. The molecule has 7 heteroatoms. The first kappa shape index (κ1) is 18.5. The van der Waals surface area contributed by atoms with Gasteiger partial charge >= 0.3 is 6.03 Å². The van der Waals surface area contributed by atoms with Crippen molar-refractivity contribution in [2.24, 2.45) is 11.8 Å². The van der Waals surface area contributed by atoms with Gasteiger partial charge in [-0.2, -0.15) is 0 Å². The minimum absolute atomic E-state index is 0.0460. The zero-order valence-corrected chi connectivity index (χ0v) is 16.7. The maximum Gasteiger partial charge on any atom is 0.322 e. The largest absolute Gasteiger partial charge is 0.349 e. The zero-order chi connectivity index (χ0) is 19.0. The summed E-state index contributed by atoms with van der Waals surface area (Å²) in [5.41, 5.74) is 0.332. The fraction of sp³-hybridized carbons (Fsp3) is 0.550. The van der Waals surface area contributed by atoms with Crippen LogP contribution >= 0.6 is 15.9 Å². The third-order valence-electron chi connectivity index (χ3n) is 6.37. The standard InChI is InChI=1S/C20H24BrN3O3/c21-15-6-4-13(5-7-15)16(12-2-1-3-12)22-17(25)14-8-10-20(11-9-14)18(26)23-19(27)24-20/h4-7,12,14,16H,1-3,8-11H2,(H,22,25)(H2,23,24,26,27). The molecule has 1 saturated heterocycles. The van der Waals surface area contributed by atoms with E-state index in [-0.39, 0.29) is 23.8 Å². The molecule has 0 aromatic heterocycles. The summed E-state index contributed by atoms with van der Waals surface area (Å²) in [5, 5.41) is 8.35. The van der Waals surface area contributed by atoms with Crippen molar-refractivity contribution in [3.8, 4) is 0 Å². The lowest BCUT2D eigenvalue weighted by Crippen LogP contribution is -2.51. The van der Waals surface area contributed by atoms with Gasteiger partial charge in [-0.25, -0.2) is 4.79 Å². The van der Waals surface area contributed by atoms with Crippen molar-refractivity contribution in [1.82, 2.24) is 16.0 Å². The lowest BCUT2D eigenvalue weighted by molar-refractivity contribution is -0.131. The topological polar surface area (TPSA) is 87.3 Å². The first-order chi connectivity index (χ1) is 13.0. The molecule has 2 saturated carbocycles. The smallest absolute Gasteiger partial charge is 0.322 e. The van der Waals surface area contributed by atoms with Gasteiger partial charge in [-0.15, -0.1) is 0 Å². The molecule has 27 heavy (non-hydrogen) atoms. The molecule has 1 aliphatic heterocycles. The molecule has 144 valence electrons. The predicted octanol–water partition coefficient (Wildman–Crippen LogP) is 3.17. The second-order valence-electron chi connectivity index (χ2n) is 7.99. The highest BCUT2D eigenvalue weighted by atomic mass is 79.9. The van der Waals surface area contributed by atoms with Crippen LogP contribution in [0.1, 0.15) is 56.6 Å². The van der Waals surface area contributed by atoms with Gasteiger partial charge in [0.1, 0.15) is 5.54 Å². The van der Waals surface area contributed by atoms with Crippen molar-refractivity contribution < 1.29 is 14.4 Å². The first-order valence-corrected chi connectivity index (χ1v) is 10.5. The van der Waals surface area contributed by atoms with E-state index in [1.807, 2.05) is 12.1 Å². The molecule has 1 atom stereocenters. The third kappa shape index (κ3) is 3.61. The summed E-state index contributed by atoms with van der Waals surface area (Å²) in [4.78, 5) is 36.5. The molecule has 0 radical (unpaired) electrons. The van der Waals surface area contributed by atoms with Crippen molar-refractivity contribution in [1.29, 1.82) is 0 Å². The van der Waals surface area contributed by atoms with Gasteiger partial charge in [-0.05, 0) is 62.1 Å². The summed E-state index contributed by atoms with van der Waals surface area (Å²) in [6.45, 7) is 0. The molecule has 3 aliphatic rings. The number of rotatable bonds is 4. The Morgan fingerprint density at radius 2 is 1.78 bits per heavy atom. The van der Waals surface area contributed by atoms with E-state index in [2.05, 4.69) is 44.0 Å². The molecule has 2 aliphatic carbocycles. The normalized spacial score (nSPS) is 29.0. The predicted molar refractivity (Wildman–Crippen MR) is 104 cm³/mol. The van der Waals surface area contributed by atoms with Gasteiger partial charge in [-0.3, -0.25) is 14.9 Å². The lowest BCUT2D eigenvalue weighted by atomic mass is 9.75. The summed E-state index contributed by atoms with van der Waals surface area (Å²) < 4.78 is 1.03. The van der Waals surface area contributed by atoms with Gasteiger partial charge in [0.2, 0.25) is 5.91 Å². The molecule has 4 amide bonds. The van der Waals surface area contributed by atoms with Crippen molar-refractivity contribution >= 4 is 33.8 Å². The Morgan fingerprint density at radius 1 is 1.11 bits per heavy atom. The Bertz CT molecular complexity index is 752. The fourth-order valence-electron chi connectivity index (χ4n) is 4.44. The van der Waals surface area contributed by atoms with Crippen molar-refractivity contribution in [3.63, 3.8) is 0 Å². The molecular formula is C20H24BrN3O3. The zero-order valence-electron chi connectivity index (χ0n) is 15.1. The Balaban J connectivity index is 1.41. The summed E-state index contributed by atoms with van der Waals surface area (Å²) >= 11 is 3.46. The van der Waals surface area contributed by atoms with Crippen LogP contribution in [0.15, 0.2) is 28.7 Å². The highest BCUT2D eigenvalue weighted by molar-refractivity contribution is 9.10. The van der Waals surface area contributed by atoms with Crippen LogP contribution in [0.25, 0.3) is 0 Å². The van der Waals surface area contributed by atoms with Crippen LogP contribution in [0, 0.1) is 11.8 Å². The van der Waals surface area contributed by atoms with Crippen LogP contribution in [-0.2, 0) is 9.59 Å². The summed E-state index contributed by atoms with van der Waals surface area (Å²) in [5.74, 6) is 0.187. The number of imide groups is 1. The SMILES string of the molecule is O=C1NC(=O)C2(CCC(C(=O)NC(c3ccc(Br)cc3)C3CCC3)CC2)N1. The highest BCUT2D eigenvalue weighted by Gasteiger charge is 2.49. The summed E-state index contributed by atoms with van der Waals surface area (Å²) in [7, 11) is 0. The minimum atomic E-state index is -0.813. The molecule has 1 spiro atoms. The molecule has 1 unspecified atom stereocenters. The second kappa shape index (κ2) is 7.26. The highest BCUT2D eigenvalue weighted by Crippen LogP contribution is 2.39. The van der Waals surface area contributed by atoms with Crippen molar-refractivity contribution in [3.05, 3.63) is 34.3 Å². The van der Waals surface area contributed by atoms with Gasteiger partial charge in [0.15, 0.2) is 0 Å². The summed E-state index contributed by atoms with van der Waals surface area (Å²) in [6.07, 6.45) is 5.73. The van der Waals surface area contributed by atoms with E-state index >= 15 is 0 Å². The van der Waals surface area contributed by atoms with E-state index in [0.717, 1.165) is 22.9 Å². The Morgan fingerprint density at radius 3 is 2.30 bits per heavy atom. The van der Waals surface area contributed by atoms with E-state index in [1.54, 1.807) is 0 Å². The number of urea groups is 1. The molecule has 3 fully saturated rings. The van der Waals surface area contributed by atoms with Gasteiger partial charge in [0, 0.05) is 10.4 Å². The Kier molecular flexibility index (Phi) is 4.97. The molecule has 0 bridgehead atoms. The van der Waals surface area contributed by atoms with E-state index in [9.17, 15) is 14.4 Å². The van der Waals surface area contributed by atoms with E-state index in [1.165, 1.54) is 6.42 Å². The monoisotopic (exact) mass is 433 g/mol. The first-order valence-electron chi connectivity index (χ1n) is 9.66. The fourth-order valence-corrected chi connectivity index (χ4v) is 4.71.